The van der Waals surface area contributed by atoms with Crippen molar-refractivity contribution >= 4 is 45.6 Å². The molecule has 2 aromatic carbocycles. The zero-order valence-corrected chi connectivity index (χ0v) is 18.4. The second-order valence-corrected chi connectivity index (χ2v) is 8.14. The molecule has 0 fully saturated rings. The van der Waals surface area contributed by atoms with E-state index >= 15 is 0 Å². The molecule has 5 nitrogen and oxygen atoms in total. The number of pyridine rings is 1. The Balaban J connectivity index is 1.82. The summed E-state index contributed by atoms with van der Waals surface area (Å²) in [4.78, 5) is 21.4. The molecule has 1 unspecified atom stereocenters. The summed E-state index contributed by atoms with van der Waals surface area (Å²) in [6, 6.07) is 6.23. The molecule has 1 aliphatic rings. The number of carbonyl (C=O) groups is 1. The number of amides is 1. The Labute approximate surface area is 195 Å². The maximum atomic E-state index is 14.3. The van der Waals surface area contributed by atoms with Crippen LogP contribution in [0.4, 0.5) is 17.6 Å². The maximum absolute atomic E-state index is 14.3. The molecule has 3 aromatic rings. The lowest BCUT2D eigenvalue weighted by molar-refractivity contribution is -0.275. The number of hydrogen-bond acceptors (Lipinski definition) is 4. The van der Waals surface area contributed by atoms with Crippen LogP contribution in [0.15, 0.2) is 47.9 Å². The molecule has 0 saturated heterocycles. The summed E-state index contributed by atoms with van der Waals surface area (Å²) in [5.41, 5.74) is -2.74. The van der Waals surface area contributed by atoms with Crippen molar-refractivity contribution in [1.29, 1.82) is 0 Å². The van der Waals surface area contributed by atoms with E-state index in [-0.39, 0.29) is 11.6 Å². The summed E-state index contributed by atoms with van der Waals surface area (Å²) in [5.74, 6) is -1.37. The van der Waals surface area contributed by atoms with E-state index in [1.54, 1.807) is 13.0 Å². The number of fused-ring (bicyclic) bond motifs is 1. The van der Waals surface area contributed by atoms with Gasteiger partial charge in [-0.1, -0.05) is 34.4 Å². The Morgan fingerprint density at radius 3 is 2.52 bits per heavy atom. The second-order valence-electron chi connectivity index (χ2n) is 7.33. The molecule has 4 rings (SSSR count). The normalized spacial score (nSPS) is 18.2. The van der Waals surface area contributed by atoms with Gasteiger partial charge in [-0.15, -0.1) is 0 Å². The number of rotatable bonds is 4. The molecule has 1 amide bonds. The third-order valence-electron chi connectivity index (χ3n) is 5.35. The van der Waals surface area contributed by atoms with Crippen LogP contribution < -0.4 is 5.32 Å². The van der Waals surface area contributed by atoms with Crippen molar-refractivity contribution in [2.24, 2.45) is 5.16 Å². The molecule has 33 heavy (non-hydrogen) atoms. The SMILES string of the molecule is CCNC(=O)c1ccc(C2=NOC(c3cc(Cl)c(F)c(Cl)c3)(C(F)(F)F)C2)c2ccncc12. The first kappa shape index (κ1) is 23.3. The van der Waals surface area contributed by atoms with Crippen LogP contribution in [0.25, 0.3) is 10.8 Å². The number of aromatic nitrogens is 1. The first-order chi connectivity index (χ1) is 15.6. The molecule has 1 aromatic heterocycles. The predicted octanol–water partition coefficient (Wildman–Crippen LogP) is 6.01. The van der Waals surface area contributed by atoms with Crippen molar-refractivity contribution in [3.8, 4) is 0 Å². The lowest BCUT2D eigenvalue weighted by Crippen LogP contribution is -2.42. The summed E-state index contributed by atoms with van der Waals surface area (Å²) >= 11 is 11.5. The molecule has 1 aliphatic heterocycles. The third-order valence-corrected chi connectivity index (χ3v) is 5.90. The molecule has 0 spiro atoms. The Morgan fingerprint density at radius 2 is 1.88 bits per heavy atom. The smallest absolute Gasteiger partial charge is 0.374 e. The van der Waals surface area contributed by atoms with Gasteiger partial charge in [-0.2, -0.15) is 13.2 Å². The van der Waals surface area contributed by atoms with Crippen LogP contribution in [-0.2, 0) is 10.4 Å². The van der Waals surface area contributed by atoms with Gasteiger partial charge in [-0.3, -0.25) is 9.78 Å². The van der Waals surface area contributed by atoms with Crippen molar-refractivity contribution in [3.63, 3.8) is 0 Å². The summed E-state index contributed by atoms with van der Waals surface area (Å²) in [7, 11) is 0. The van der Waals surface area contributed by atoms with Crippen molar-refractivity contribution in [2.75, 3.05) is 6.54 Å². The van der Waals surface area contributed by atoms with Crippen LogP contribution in [0.1, 0.15) is 34.8 Å². The minimum Gasteiger partial charge on any atom is -0.374 e. The largest absolute Gasteiger partial charge is 0.435 e. The molecule has 0 bridgehead atoms. The highest BCUT2D eigenvalue weighted by molar-refractivity contribution is 6.35. The zero-order valence-electron chi connectivity index (χ0n) is 16.9. The van der Waals surface area contributed by atoms with Gasteiger partial charge in [-0.25, -0.2) is 4.39 Å². The van der Waals surface area contributed by atoms with E-state index in [1.807, 2.05) is 0 Å². The van der Waals surface area contributed by atoms with Gasteiger partial charge < -0.3 is 10.2 Å². The van der Waals surface area contributed by atoms with Gasteiger partial charge in [0.05, 0.1) is 15.8 Å². The van der Waals surface area contributed by atoms with Crippen LogP contribution in [-0.4, -0.2) is 29.3 Å². The molecule has 0 aliphatic carbocycles. The third kappa shape index (κ3) is 3.89. The van der Waals surface area contributed by atoms with Crippen molar-refractivity contribution in [2.45, 2.75) is 25.1 Å². The van der Waals surface area contributed by atoms with E-state index in [2.05, 4.69) is 15.5 Å². The number of hydrogen-bond donors (Lipinski definition) is 1. The van der Waals surface area contributed by atoms with E-state index < -0.39 is 39.6 Å². The van der Waals surface area contributed by atoms with E-state index in [0.29, 0.717) is 28.4 Å². The Bertz CT molecular complexity index is 1270. The van der Waals surface area contributed by atoms with Crippen LogP contribution >= 0.6 is 23.2 Å². The van der Waals surface area contributed by atoms with Crippen LogP contribution in [0.3, 0.4) is 0 Å². The van der Waals surface area contributed by atoms with Gasteiger partial charge in [0.2, 0.25) is 0 Å². The molecule has 0 radical (unpaired) electrons. The summed E-state index contributed by atoms with van der Waals surface area (Å²) in [6.45, 7) is 2.17. The quantitative estimate of drug-likeness (QED) is 0.353. The highest BCUT2D eigenvalue weighted by Gasteiger charge is 2.62. The highest BCUT2D eigenvalue weighted by atomic mass is 35.5. The predicted molar refractivity (Wildman–Crippen MR) is 116 cm³/mol. The van der Waals surface area contributed by atoms with Gasteiger partial charge in [0.15, 0.2) is 5.82 Å². The van der Waals surface area contributed by atoms with Crippen LogP contribution in [0, 0.1) is 5.82 Å². The number of halogens is 6. The number of alkyl halides is 3. The average Bonchev–Trinajstić information content (AvgIpc) is 3.23. The number of benzene rings is 2. The van der Waals surface area contributed by atoms with E-state index in [9.17, 15) is 22.4 Å². The van der Waals surface area contributed by atoms with Gasteiger partial charge in [-0.05, 0) is 36.6 Å². The Hall–Kier alpha value is -2.91. The molecule has 11 heteroatoms. The average molecular weight is 500 g/mol. The molecule has 1 N–H and O–H groups in total. The lowest BCUT2D eigenvalue weighted by atomic mass is 9.85. The van der Waals surface area contributed by atoms with E-state index in [1.165, 1.54) is 24.5 Å². The minimum atomic E-state index is -4.93. The van der Waals surface area contributed by atoms with Crippen molar-refractivity contribution in [3.05, 3.63) is 75.3 Å². The van der Waals surface area contributed by atoms with Gasteiger partial charge in [0.1, 0.15) is 0 Å². The number of carbonyl (C=O) groups excluding carboxylic acids is 1. The first-order valence-corrected chi connectivity index (χ1v) is 10.5. The number of nitrogens with zero attached hydrogens (tertiary/aromatic N) is 2. The van der Waals surface area contributed by atoms with Crippen molar-refractivity contribution in [1.82, 2.24) is 10.3 Å². The van der Waals surface area contributed by atoms with Crippen molar-refractivity contribution < 1.29 is 27.2 Å². The fourth-order valence-electron chi connectivity index (χ4n) is 3.73. The van der Waals surface area contributed by atoms with Crippen LogP contribution in [0.2, 0.25) is 10.0 Å². The highest BCUT2D eigenvalue weighted by Crippen LogP contribution is 2.50. The number of nitrogens with one attached hydrogen (secondary N) is 1. The molecule has 1 atom stereocenters. The topological polar surface area (TPSA) is 63.6 Å². The molecular formula is C22H15Cl2F4N3O2. The maximum Gasteiger partial charge on any atom is 0.435 e. The van der Waals surface area contributed by atoms with Crippen LogP contribution in [0.5, 0.6) is 0 Å². The molecule has 172 valence electrons. The Morgan fingerprint density at radius 1 is 1.18 bits per heavy atom. The first-order valence-electron chi connectivity index (χ1n) is 9.71. The fraction of sp³-hybridized carbons (Fsp3) is 0.227. The second kappa shape index (κ2) is 8.46. The van der Waals surface area contributed by atoms with E-state index in [0.717, 1.165) is 12.1 Å². The summed E-state index contributed by atoms with van der Waals surface area (Å²) in [6.07, 6.45) is -2.73. The molecular weight excluding hydrogens is 485 g/mol. The Kier molecular flexibility index (Phi) is 5.96. The fourth-order valence-corrected chi connectivity index (χ4v) is 4.22. The van der Waals surface area contributed by atoms with Gasteiger partial charge in [0.25, 0.3) is 11.5 Å². The molecule has 0 saturated carbocycles. The minimum absolute atomic E-state index is 0.0115. The van der Waals surface area contributed by atoms with Gasteiger partial charge in [0, 0.05) is 47.4 Å². The summed E-state index contributed by atoms with van der Waals surface area (Å²) < 4.78 is 56.7. The summed E-state index contributed by atoms with van der Waals surface area (Å²) in [5, 5.41) is 6.21. The monoisotopic (exact) mass is 499 g/mol. The van der Waals surface area contributed by atoms with Gasteiger partial charge >= 0.3 is 6.18 Å². The van der Waals surface area contributed by atoms with E-state index in [4.69, 9.17) is 28.0 Å². The molecule has 2 heterocycles. The number of oxime groups is 1. The zero-order chi connectivity index (χ0) is 24.0. The lowest BCUT2D eigenvalue weighted by Gasteiger charge is -2.29. The standard InChI is InChI=1S/C22H15Cl2F4N3O2/c1-2-30-20(32)14-4-3-13(12-5-6-29-10-15(12)14)18-9-21(33-31-18,22(26,27)28)11-7-16(23)19(25)17(24)8-11/h3-8,10H,2,9H2,1H3,(H,30,32).